The van der Waals surface area contributed by atoms with Crippen LogP contribution in [-0.4, -0.2) is 69.0 Å². The highest BCUT2D eigenvalue weighted by molar-refractivity contribution is 7.91. The Morgan fingerprint density at radius 3 is 2.62 bits per heavy atom. The van der Waals surface area contributed by atoms with Crippen molar-refractivity contribution < 1.29 is 31.8 Å². The Morgan fingerprint density at radius 2 is 2.04 bits per heavy atom. The lowest BCUT2D eigenvalue weighted by Crippen LogP contribution is -2.55. The summed E-state index contributed by atoms with van der Waals surface area (Å²) < 4.78 is 55.8. The standard InChI is InChI=1S/C16H22F2N2O5S/c1-25-8-9-26(23,24)13-4-2-12(3-5-13)10-19-15(22)20-7-6-14(21)16(17,18)11-20/h2-5,14,21H,6-11H2,1H3,(H,19,22). The molecule has 1 aliphatic rings. The lowest BCUT2D eigenvalue weighted by atomic mass is 10.0. The van der Waals surface area contributed by atoms with E-state index in [1.807, 2.05) is 0 Å². The second-order valence-electron chi connectivity index (χ2n) is 6.10. The van der Waals surface area contributed by atoms with Crippen molar-refractivity contribution >= 4 is 15.9 Å². The van der Waals surface area contributed by atoms with Crippen molar-refractivity contribution in [1.82, 2.24) is 10.2 Å². The molecule has 0 spiro atoms. The number of likely N-dealkylation sites (tertiary alicyclic amines) is 1. The van der Waals surface area contributed by atoms with E-state index in [1.54, 1.807) is 12.1 Å². The lowest BCUT2D eigenvalue weighted by molar-refractivity contribution is -0.141. The fourth-order valence-corrected chi connectivity index (χ4v) is 3.69. The van der Waals surface area contributed by atoms with E-state index in [0.29, 0.717) is 5.56 Å². The molecule has 1 fully saturated rings. The largest absolute Gasteiger partial charge is 0.387 e. The van der Waals surface area contributed by atoms with E-state index in [1.165, 1.54) is 19.2 Å². The maximum absolute atomic E-state index is 13.5. The number of sulfone groups is 1. The molecular weight excluding hydrogens is 370 g/mol. The number of halogens is 2. The number of aliphatic hydroxyl groups excluding tert-OH is 1. The number of rotatable bonds is 6. The van der Waals surface area contributed by atoms with Crippen LogP contribution in [0.4, 0.5) is 13.6 Å². The average molecular weight is 392 g/mol. The lowest BCUT2D eigenvalue weighted by Gasteiger charge is -2.35. The highest BCUT2D eigenvalue weighted by Crippen LogP contribution is 2.27. The van der Waals surface area contributed by atoms with Crippen molar-refractivity contribution in [3.8, 4) is 0 Å². The fraction of sp³-hybridized carbons (Fsp3) is 0.562. The zero-order valence-electron chi connectivity index (χ0n) is 14.3. The highest BCUT2D eigenvalue weighted by Gasteiger charge is 2.44. The molecular formula is C16H22F2N2O5S. The Labute approximate surface area is 150 Å². The molecule has 1 heterocycles. The van der Waals surface area contributed by atoms with E-state index in [-0.39, 0.29) is 36.8 Å². The van der Waals surface area contributed by atoms with Crippen molar-refractivity contribution in [2.24, 2.45) is 0 Å². The number of methoxy groups -OCH3 is 1. The van der Waals surface area contributed by atoms with Crippen LogP contribution in [0, 0.1) is 0 Å². The first-order valence-corrected chi connectivity index (χ1v) is 9.70. The molecule has 2 N–H and O–H groups in total. The van der Waals surface area contributed by atoms with Crippen LogP contribution in [0.15, 0.2) is 29.2 Å². The molecule has 1 aliphatic heterocycles. The maximum Gasteiger partial charge on any atom is 0.317 e. The third kappa shape index (κ3) is 5.12. The van der Waals surface area contributed by atoms with Gasteiger partial charge in [0.25, 0.3) is 5.92 Å². The molecule has 26 heavy (non-hydrogen) atoms. The number of aliphatic hydroxyl groups is 1. The van der Waals surface area contributed by atoms with Gasteiger partial charge in [0.05, 0.1) is 23.8 Å². The molecule has 1 aromatic carbocycles. The van der Waals surface area contributed by atoms with Gasteiger partial charge in [-0.05, 0) is 24.1 Å². The zero-order chi connectivity index (χ0) is 19.4. The van der Waals surface area contributed by atoms with Gasteiger partial charge in [0.2, 0.25) is 0 Å². The second kappa shape index (κ2) is 8.28. The van der Waals surface area contributed by atoms with Crippen LogP contribution in [-0.2, 0) is 21.1 Å². The first-order chi connectivity index (χ1) is 12.2. The minimum Gasteiger partial charge on any atom is -0.387 e. The van der Waals surface area contributed by atoms with Gasteiger partial charge in [-0.3, -0.25) is 0 Å². The number of hydrogen-bond acceptors (Lipinski definition) is 5. The average Bonchev–Trinajstić information content (AvgIpc) is 2.60. The van der Waals surface area contributed by atoms with Crippen molar-refractivity contribution in [1.29, 1.82) is 0 Å². The summed E-state index contributed by atoms with van der Waals surface area (Å²) in [6.07, 6.45) is -1.92. The number of carbonyl (C=O) groups is 1. The summed E-state index contributed by atoms with van der Waals surface area (Å²) in [6.45, 7) is -0.632. The first-order valence-electron chi connectivity index (χ1n) is 8.05. The maximum atomic E-state index is 13.5. The first kappa shape index (κ1) is 20.5. The normalized spacial score (nSPS) is 20.0. The monoisotopic (exact) mass is 392 g/mol. The third-order valence-electron chi connectivity index (χ3n) is 4.13. The third-order valence-corrected chi connectivity index (χ3v) is 5.83. The van der Waals surface area contributed by atoms with Gasteiger partial charge in [0.15, 0.2) is 9.84 Å². The van der Waals surface area contributed by atoms with Crippen LogP contribution in [0.1, 0.15) is 12.0 Å². The summed E-state index contributed by atoms with van der Waals surface area (Å²) in [5, 5.41) is 11.7. The molecule has 0 aromatic heterocycles. The quantitative estimate of drug-likeness (QED) is 0.754. The van der Waals surface area contributed by atoms with E-state index < -0.39 is 34.4 Å². The number of urea groups is 1. The van der Waals surface area contributed by atoms with Gasteiger partial charge in [0.1, 0.15) is 6.10 Å². The van der Waals surface area contributed by atoms with Crippen LogP contribution in [0.25, 0.3) is 0 Å². The van der Waals surface area contributed by atoms with E-state index in [9.17, 15) is 27.1 Å². The Morgan fingerprint density at radius 1 is 1.38 bits per heavy atom. The van der Waals surface area contributed by atoms with Crippen LogP contribution >= 0.6 is 0 Å². The number of alkyl halides is 2. The molecule has 1 unspecified atom stereocenters. The predicted molar refractivity (Wildman–Crippen MR) is 89.8 cm³/mol. The number of amides is 2. The molecule has 1 aromatic rings. The summed E-state index contributed by atoms with van der Waals surface area (Å²) in [5.41, 5.74) is 0.632. The Balaban J connectivity index is 1.91. The molecule has 0 bridgehead atoms. The fourth-order valence-electron chi connectivity index (χ4n) is 2.52. The summed E-state index contributed by atoms with van der Waals surface area (Å²) >= 11 is 0. The number of hydrogen-bond donors (Lipinski definition) is 2. The summed E-state index contributed by atoms with van der Waals surface area (Å²) in [7, 11) is -2.02. The van der Waals surface area contributed by atoms with Gasteiger partial charge in [-0.15, -0.1) is 0 Å². The number of ether oxygens (including phenoxy) is 1. The summed E-state index contributed by atoms with van der Waals surface area (Å²) in [4.78, 5) is 13.1. The van der Waals surface area contributed by atoms with Crippen LogP contribution in [0.2, 0.25) is 0 Å². The molecule has 10 heteroatoms. The topological polar surface area (TPSA) is 95.9 Å². The minimum atomic E-state index is -3.43. The molecule has 146 valence electrons. The van der Waals surface area contributed by atoms with Gasteiger partial charge >= 0.3 is 6.03 Å². The smallest absolute Gasteiger partial charge is 0.317 e. The number of carbonyl (C=O) groups excluding carboxylic acids is 1. The van der Waals surface area contributed by atoms with E-state index in [4.69, 9.17) is 4.74 Å². The minimum absolute atomic E-state index is 0.0409. The SMILES string of the molecule is COCCS(=O)(=O)c1ccc(CNC(=O)N2CCC(O)C(F)(F)C2)cc1. The van der Waals surface area contributed by atoms with Crippen molar-refractivity contribution in [3.63, 3.8) is 0 Å². The summed E-state index contributed by atoms with van der Waals surface area (Å²) in [6, 6.07) is 5.30. The molecule has 1 atom stereocenters. The second-order valence-corrected chi connectivity index (χ2v) is 8.21. The van der Waals surface area contributed by atoms with Crippen LogP contribution in [0.3, 0.4) is 0 Å². The molecule has 0 radical (unpaired) electrons. The predicted octanol–water partition coefficient (Wildman–Crippen LogP) is 1.02. The Hall–Kier alpha value is -1.78. The van der Waals surface area contributed by atoms with E-state index in [2.05, 4.69) is 5.32 Å². The Bertz CT molecular complexity index is 725. The molecule has 7 nitrogen and oxygen atoms in total. The van der Waals surface area contributed by atoms with Crippen molar-refractivity contribution in [2.75, 3.05) is 32.6 Å². The molecule has 2 rings (SSSR count). The van der Waals surface area contributed by atoms with Gasteiger partial charge in [-0.2, -0.15) is 0 Å². The van der Waals surface area contributed by atoms with Crippen molar-refractivity contribution in [2.45, 2.75) is 29.9 Å². The van der Waals surface area contributed by atoms with Gasteiger partial charge in [0, 0.05) is 20.2 Å². The van der Waals surface area contributed by atoms with Crippen molar-refractivity contribution in [3.05, 3.63) is 29.8 Å². The van der Waals surface area contributed by atoms with Gasteiger partial charge in [-0.1, -0.05) is 12.1 Å². The van der Waals surface area contributed by atoms with Crippen LogP contribution in [0.5, 0.6) is 0 Å². The molecule has 0 saturated carbocycles. The number of nitrogens with one attached hydrogen (secondary N) is 1. The van der Waals surface area contributed by atoms with E-state index in [0.717, 1.165) is 4.90 Å². The molecule has 0 aliphatic carbocycles. The summed E-state index contributed by atoms with van der Waals surface area (Å²) in [5.74, 6) is -3.46. The number of nitrogens with zero attached hydrogens (tertiary/aromatic N) is 1. The Kier molecular flexibility index (Phi) is 6.53. The number of benzene rings is 1. The zero-order valence-corrected chi connectivity index (χ0v) is 15.1. The van der Waals surface area contributed by atoms with Crippen LogP contribution < -0.4 is 5.32 Å². The van der Waals surface area contributed by atoms with Gasteiger partial charge in [-0.25, -0.2) is 22.0 Å². The van der Waals surface area contributed by atoms with Gasteiger partial charge < -0.3 is 20.1 Å². The number of piperidine rings is 1. The highest BCUT2D eigenvalue weighted by atomic mass is 32.2. The van der Waals surface area contributed by atoms with E-state index >= 15 is 0 Å². The molecule has 2 amide bonds. The molecule has 1 saturated heterocycles.